The largest absolute Gasteiger partial charge is 0.372 e. The maximum absolute atomic E-state index is 4.43. The van der Waals surface area contributed by atoms with Gasteiger partial charge in [0.1, 0.15) is 0 Å². The number of hydrogen-bond donors (Lipinski definition) is 1. The SMILES string of the molecule is CCN(CC)c1ccc(C(C)(C)c2cc(C(C)CS)cs2)cc1. The second-order valence-electron chi connectivity index (χ2n) is 6.67. The van der Waals surface area contributed by atoms with Gasteiger partial charge in [-0.05, 0) is 60.2 Å². The molecule has 0 aliphatic carbocycles. The van der Waals surface area contributed by atoms with E-state index in [9.17, 15) is 0 Å². The van der Waals surface area contributed by atoms with Crippen LogP contribution in [-0.4, -0.2) is 18.8 Å². The molecular weight excluding hydrogens is 318 g/mol. The van der Waals surface area contributed by atoms with Crippen molar-refractivity contribution in [1.82, 2.24) is 0 Å². The lowest BCUT2D eigenvalue weighted by atomic mass is 9.82. The highest BCUT2D eigenvalue weighted by Crippen LogP contribution is 2.37. The Labute approximate surface area is 151 Å². The molecule has 2 rings (SSSR count). The fourth-order valence-corrected chi connectivity index (χ4v) is 4.25. The molecule has 126 valence electrons. The molecule has 1 nitrogen and oxygen atoms in total. The normalized spacial score (nSPS) is 13.1. The molecule has 0 aliphatic heterocycles. The van der Waals surface area contributed by atoms with Crippen LogP contribution in [0.25, 0.3) is 0 Å². The minimum atomic E-state index is 0.0427. The predicted molar refractivity (Wildman–Crippen MR) is 109 cm³/mol. The van der Waals surface area contributed by atoms with E-state index in [0.717, 1.165) is 18.8 Å². The molecule has 1 aromatic heterocycles. The van der Waals surface area contributed by atoms with E-state index in [1.807, 2.05) is 11.3 Å². The Hall–Kier alpha value is -0.930. The molecule has 0 radical (unpaired) electrons. The lowest BCUT2D eigenvalue weighted by molar-refractivity contribution is 0.654. The van der Waals surface area contributed by atoms with E-state index in [-0.39, 0.29) is 5.41 Å². The molecule has 0 bridgehead atoms. The van der Waals surface area contributed by atoms with Crippen LogP contribution in [0.1, 0.15) is 56.5 Å². The van der Waals surface area contributed by atoms with E-state index in [1.165, 1.54) is 21.7 Å². The van der Waals surface area contributed by atoms with Crippen LogP contribution in [0.4, 0.5) is 5.69 Å². The fraction of sp³-hybridized carbons (Fsp3) is 0.500. The molecule has 0 spiro atoms. The highest BCUT2D eigenvalue weighted by Gasteiger charge is 2.25. The summed E-state index contributed by atoms with van der Waals surface area (Å²) in [5, 5.41) is 2.29. The van der Waals surface area contributed by atoms with Crippen LogP contribution in [0.2, 0.25) is 0 Å². The summed E-state index contributed by atoms with van der Waals surface area (Å²) in [5.41, 5.74) is 4.14. The van der Waals surface area contributed by atoms with E-state index in [0.29, 0.717) is 5.92 Å². The van der Waals surface area contributed by atoms with Gasteiger partial charge >= 0.3 is 0 Å². The summed E-state index contributed by atoms with van der Waals surface area (Å²) < 4.78 is 0. The third-order valence-electron chi connectivity index (χ3n) is 4.80. The van der Waals surface area contributed by atoms with Crippen molar-refractivity contribution in [3.63, 3.8) is 0 Å². The maximum atomic E-state index is 4.43. The Balaban J connectivity index is 2.26. The summed E-state index contributed by atoms with van der Waals surface area (Å²) in [6, 6.07) is 11.5. The van der Waals surface area contributed by atoms with Crippen molar-refractivity contribution >= 4 is 29.7 Å². The first-order chi connectivity index (χ1) is 10.9. The van der Waals surface area contributed by atoms with E-state index in [2.05, 4.69) is 87.9 Å². The third-order valence-corrected chi connectivity index (χ3v) is 6.62. The number of thiol groups is 1. The predicted octanol–water partition coefficient (Wildman–Crippen LogP) is 5.95. The first-order valence-electron chi connectivity index (χ1n) is 8.49. The summed E-state index contributed by atoms with van der Waals surface area (Å²) in [7, 11) is 0. The summed E-state index contributed by atoms with van der Waals surface area (Å²) in [6.45, 7) is 13.4. The van der Waals surface area contributed by atoms with Gasteiger partial charge in [-0.25, -0.2) is 0 Å². The standard InChI is InChI=1S/C20H29NS2/c1-6-21(7-2)18-10-8-17(9-11-18)20(4,5)19-12-16(14-23-19)15(3)13-22/h8-12,14-15,22H,6-7,13H2,1-5H3. The molecule has 1 heterocycles. The first kappa shape index (κ1) is 18.4. The second kappa shape index (κ2) is 7.76. The minimum absolute atomic E-state index is 0.0427. The van der Waals surface area contributed by atoms with E-state index in [1.54, 1.807) is 0 Å². The van der Waals surface area contributed by atoms with Crippen LogP contribution in [0.3, 0.4) is 0 Å². The third kappa shape index (κ3) is 3.95. The van der Waals surface area contributed by atoms with E-state index < -0.39 is 0 Å². The fourth-order valence-electron chi connectivity index (χ4n) is 2.86. The number of nitrogens with zero attached hydrogens (tertiary/aromatic N) is 1. The van der Waals surface area contributed by atoms with Gasteiger partial charge in [0.05, 0.1) is 0 Å². The molecule has 2 aromatic rings. The van der Waals surface area contributed by atoms with Crippen LogP contribution in [0, 0.1) is 0 Å². The van der Waals surface area contributed by atoms with Crippen molar-refractivity contribution in [2.45, 2.75) is 46.0 Å². The average Bonchev–Trinajstić information content (AvgIpc) is 3.06. The molecule has 0 N–H and O–H groups in total. The van der Waals surface area contributed by atoms with Crippen LogP contribution in [-0.2, 0) is 5.41 Å². The topological polar surface area (TPSA) is 3.24 Å². The summed E-state index contributed by atoms with van der Waals surface area (Å²) in [4.78, 5) is 3.81. The summed E-state index contributed by atoms with van der Waals surface area (Å²) in [6.07, 6.45) is 0. The summed E-state index contributed by atoms with van der Waals surface area (Å²) in [5.74, 6) is 1.42. The molecule has 1 aromatic carbocycles. The van der Waals surface area contributed by atoms with Gasteiger partial charge < -0.3 is 4.90 Å². The van der Waals surface area contributed by atoms with Gasteiger partial charge in [0, 0.05) is 29.1 Å². The van der Waals surface area contributed by atoms with E-state index >= 15 is 0 Å². The Morgan fingerprint density at radius 1 is 1.13 bits per heavy atom. The summed E-state index contributed by atoms with van der Waals surface area (Å²) >= 11 is 6.30. The Morgan fingerprint density at radius 2 is 1.74 bits per heavy atom. The van der Waals surface area contributed by atoms with Crippen molar-refractivity contribution < 1.29 is 0 Å². The Morgan fingerprint density at radius 3 is 2.26 bits per heavy atom. The van der Waals surface area contributed by atoms with Crippen molar-refractivity contribution in [2.75, 3.05) is 23.7 Å². The molecule has 0 aliphatic rings. The minimum Gasteiger partial charge on any atom is -0.372 e. The quantitative estimate of drug-likeness (QED) is 0.605. The molecule has 0 saturated heterocycles. The van der Waals surface area contributed by atoms with Gasteiger partial charge in [-0.1, -0.05) is 32.9 Å². The Bertz CT molecular complexity index is 609. The number of hydrogen-bond acceptors (Lipinski definition) is 3. The monoisotopic (exact) mass is 347 g/mol. The molecule has 1 unspecified atom stereocenters. The van der Waals surface area contributed by atoms with Gasteiger partial charge in [0.2, 0.25) is 0 Å². The molecule has 23 heavy (non-hydrogen) atoms. The molecular formula is C20H29NS2. The number of anilines is 1. The molecule has 1 atom stereocenters. The zero-order valence-corrected chi connectivity index (χ0v) is 16.7. The molecule has 0 amide bonds. The zero-order chi connectivity index (χ0) is 17.0. The molecule has 3 heteroatoms. The van der Waals surface area contributed by atoms with Crippen LogP contribution >= 0.6 is 24.0 Å². The smallest absolute Gasteiger partial charge is 0.0366 e. The highest BCUT2D eigenvalue weighted by molar-refractivity contribution is 7.80. The maximum Gasteiger partial charge on any atom is 0.0366 e. The van der Waals surface area contributed by atoms with Gasteiger partial charge in [-0.15, -0.1) is 11.3 Å². The van der Waals surface area contributed by atoms with Gasteiger partial charge in [-0.3, -0.25) is 0 Å². The second-order valence-corrected chi connectivity index (χ2v) is 7.95. The van der Waals surface area contributed by atoms with Crippen molar-refractivity contribution in [3.8, 4) is 0 Å². The van der Waals surface area contributed by atoms with Crippen molar-refractivity contribution in [2.24, 2.45) is 0 Å². The molecule has 0 saturated carbocycles. The van der Waals surface area contributed by atoms with E-state index in [4.69, 9.17) is 0 Å². The highest BCUT2D eigenvalue weighted by atomic mass is 32.1. The number of thiophene rings is 1. The lowest BCUT2D eigenvalue weighted by Crippen LogP contribution is -2.22. The van der Waals surface area contributed by atoms with Crippen LogP contribution < -0.4 is 4.90 Å². The van der Waals surface area contributed by atoms with Gasteiger partial charge in [-0.2, -0.15) is 12.6 Å². The van der Waals surface area contributed by atoms with Crippen LogP contribution in [0.5, 0.6) is 0 Å². The Kier molecular flexibility index (Phi) is 6.21. The zero-order valence-electron chi connectivity index (χ0n) is 15.0. The number of benzene rings is 1. The first-order valence-corrected chi connectivity index (χ1v) is 10.0. The van der Waals surface area contributed by atoms with Crippen molar-refractivity contribution in [3.05, 3.63) is 51.7 Å². The molecule has 0 fully saturated rings. The lowest BCUT2D eigenvalue weighted by Gasteiger charge is -2.26. The average molecular weight is 348 g/mol. The van der Waals surface area contributed by atoms with Gasteiger partial charge in [0.25, 0.3) is 0 Å². The van der Waals surface area contributed by atoms with Crippen molar-refractivity contribution in [1.29, 1.82) is 0 Å². The van der Waals surface area contributed by atoms with Crippen LogP contribution in [0.15, 0.2) is 35.7 Å². The number of rotatable bonds is 7. The van der Waals surface area contributed by atoms with Gasteiger partial charge in [0.15, 0.2) is 0 Å².